The van der Waals surface area contributed by atoms with Gasteiger partial charge < -0.3 is 19.5 Å². The van der Waals surface area contributed by atoms with Gasteiger partial charge in [-0.15, -0.1) is 0 Å². The molecule has 0 bridgehead atoms. The quantitative estimate of drug-likeness (QED) is 0.435. The molecule has 0 saturated carbocycles. The molecule has 0 heterocycles. The van der Waals surface area contributed by atoms with E-state index in [1.54, 1.807) is 24.3 Å². The molecule has 0 saturated heterocycles. The molecule has 0 aliphatic carbocycles. The van der Waals surface area contributed by atoms with Crippen molar-refractivity contribution < 1.29 is 28.7 Å². The van der Waals surface area contributed by atoms with Crippen LogP contribution < -0.4 is 14.8 Å². The number of benzene rings is 2. The first kappa shape index (κ1) is 18.7. The fourth-order valence-electron chi connectivity index (χ4n) is 1.94. The number of anilines is 1. The number of carbonyl (C=O) groups is 2. The van der Waals surface area contributed by atoms with Gasteiger partial charge in [0.05, 0.1) is 12.0 Å². The average molecular weight is 360 g/mol. The Labute approximate surface area is 148 Å². The van der Waals surface area contributed by atoms with E-state index in [1.165, 1.54) is 31.4 Å². The highest BCUT2D eigenvalue weighted by atomic mass is 16.6. The summed E-state index contributed by atoms with van der Waals surface area (Å²) < 4.78 is 14.9. The third-order valence-electron chi connectivity index (χ3n) is 3.12. The summed E-state index contributed by atoms with van der Waals surface area (Å²) >= 11 is 0. The molecule has 2 aromatic rings. The molecular weight excluding hydrogens is 344 g/mol. The van der Waals surface area contributed by atoms with Crippen LogP contribution in [0.4, 0.5) is 11.4 Å². The lowest BCUT2D eigenvalue weighted by molar-refractivity contribution is -0.385. The molecule has 0 atom stereocenters. The van der Waals surface area contributed by atoms with Gasteiger partial charge in [0.1, 0.15) is 5.75 Å². The van der Waals surface area contributed by atoms with Crippen molar-refractivity contribution >= 4 is 23.3 Å². The van der Waals surface area contributed by atoms with Crippen LogP contribution in [0, 0.1) is 10.1 Å². The van der Waals surface area contributed by atoms with Gasteiger partial charge in [-0.1, -0.05) is 18.2 Å². The van der Waals surface area contributed by atoms with Crippen molar-refractivity contribution in [2.24, 2.45) is 0 Å². The Morgan fingerprint density at radius 3 is 2.58 bits per heavy atom. The molecule has 1 N–H and O–H groups in total. The van der Waals surface area contributed by atoms with Crippen LogP contribution >= 0.6 is 0 Å². The predicted molar refractivity (Wildman–Crippen MR) is 91.2 cm³/mol. The number of para-hydroxylation sites is 2. The lowest BCUT2D eigenvalue weighted by atomic mass is 10.3. The van der Waals surface area contributed by atoms with Crippen molar-refractivity contribution in [3.8, 4) is 11.5 Å². The molecule has 9 heteroatoms. The number of amides is 1. The maximum Gasteiger partial charge on any atom is 0.343 e. The Bertz CT molecular complexity index is 807. The topological polar surface area (TPSA) is 117 Å². The summed E-state index contributed by atoms with van der Waals surface area (Å²) in [4.78, 5) is 33.3. The highest BCUT2D eigenvalue weighted by molar-refractivity contribution is 5.92. The van der Waals surface area contributed by atoms with E-state index >= 15 is 0 Å². The molecule has 0 aromatic heterocycles. The molecular formula is C17H16N2O7. The SMILES string of the molecule is COC(=O)COc1cccc(NC(=O)COc2ccccc2[N+](=O)[O-])c1. The molecule has 9 nitrogen and oxygen atoms in total. The van der Waals surface area contributed by atoms with Crippen molar-refractivity contribution in [3.63, 3.8) is 0 Å². The molecule has 2 rings (SSSR count). The summed E-state index contributed by atoms with van der Waals surface area (Å²) in [5, 5.41) is 13.5. The van der Waals surface area contributed by atoms with Crippen LogP contribution in [0.25, 0.3) is 0 Å². The Hall–Kier alpha value is -3.62. The van der Waals surface area contributed by atoms with E-state index in [1.807, 2.05) is 0 Å². The van der Waals surface area contributed by atoms with Gasteiger partial charge in [-0.2, -0.15) is 0 Å². The van der Waals surface area contributed by atoms with Crippen LogP contribution in [0.1, 0.15) is 0 Å². The van der Waals surface area contributed by atoms with Crippen LogP contribution in [0.15, 0.2) is 48.5 Å². The molecule has 136 valence electrons. The summed E-state index contributed by atoms with van der Waals surface area (Å²) in [6, 6.07) is 12.2. The Morgan fingerprint density at radius 1 is 1.08 bits per heavy atom. The van der Waals surface area contributed by atoms with Crippen molar-refractivity contribution in [3.05, 3.63) is 58.6 Å². The number of esters is 1. The maximum atomic E-state index is 12.0. The second kappa shape index (κ2) is 9.02. The van der Waals surface area contributed by atoms with Gasteiger partial charge in [0.15, 0.2) is 19.0 Å². The number of nitro groups is 1. The van der Waals surface area contributed by atoms with Crippen LogP contribution in [0.3, 0.4) is 0 Å². The van der Waals surface area contributed by atoms with Crippen LogP contribution in [-0.4, -0.2) is 37.1 Å². The monoisotopic (exact) mass is 360 g/mol. The minimum Gasteiger partial charge on any atom is -0.482 e. The van der Waals surface area contributed by atoms with E-state index in [9.17, 15) is 19.7 Å². The molecule has 0 aliphatic heterocycles. The largest absolute Gasteiger partial charge is 0.482 e. The third kappa shape index (κ3) is 5.48. The zero-order chi connectivity index (χ0) is 18.9. The molecule has 2 aromatic carbocycles. The fraction of sp³-hybridized carbons (Fsp3) is 0.176. The lowest BCUT2D eigenvalue weighted by Gasteiger charge is -2.09. The highest BCUT2D eigenvalue weighted by Crippen LogP contribution is 2.25. The Kier molecular flexibility index (Phi) is 6.49. The van der Waals surface area contributed by atoms with Gasteiger partial charge in [-0.05, 0) is 18.2 Å². The summed E-state index contributed by atoms with van der Waals surface area (Å²) in [7, 11) is 1.25. The number of nitro benzene ring substituents is 1. The highest BCUT2D eigenvalue weighted by Gasteiger charge is 2.15. The van der Waals surface area contributed by atoms with Crippen molar-refractivity contribution in [2.75, 3.05) is 25.6 Å². The van der Waals surface area contributed by atoms with Crippen molar-refractivity contribution in [1.82, 2.24) is 0 Å². The van der Waals surface area contributed by atoms with E-state index in [0.717, 1.165) is 0 Å². The number of nitrogens with one attached hydrogen (secondary N) is 1. The smallest absolute Gasteiger partial charge is 0.343 e. The van der Waals surface area contributed by atoms with Crippen LogP contribution in [0.5, 0.6) is 11.5 Å². The predicted octanol–water partition coefficient (Wildman–Crippen LogP) is 2.16. The summed E-state index contributed by atoms with van der Waals surface area (Å²) in [6.07, 6.45) is 0. The van der Waals surface area contributed by atoms with E-state index in [4.69, 9.17) is 9.47 Å². The first-order valence-corrected chi connectivity index (χ1v) is 7.45. The van der Waals surface area contributed by atoms with Gasteiger partial charge in [0.2, 0.25) is 0 Å². The zero-order valence-corrected chi connectivity index (χ0v) is 13.8. The number of nitrogens with zero attached hydrogens (tertiary/aromatic N) is 1. The van der Waals surface area contributed by atoms with E-state index in [-0.39, 0.29) is 18.0 Å². The van der Waals surface area contributed by atoms with Gasteiger partial charge in [0.25, 0.3) is 5.91 Å². The standard InChI is InChI=1S/C17H16N2O7/c1-24-17(21)11-25-13-6-4-5-12(9-13)18-16(20)10-26-15-8-3-2-7-14(15)19(22)23/h2-9H,10-11H2,1H3,(H,18,20). The fourth-order valence-corrected chi connectivity index (χ4v) is 1.94. The molecule has 0 fully saturated rings. The summed E-state index contributed by atoms with van der Waals surface area (Å²) in [6.45, 7) is -0.660. The summed E-state index contributed by atoms with van der Waals surface area (Å²) in [5.41, 5.74) is 0.196. The number of carbonyl (C=O) groups excluding carboxylic acids is 2. The number of hydrogen-bond donors (Lipinski definition) is 1. The normalized spacial score (nSPS) is 9.88. The number of rotatable bonds is 8. The number of methoxy groups -OCH3 is 1. The zero-order valence-electron chi connectivity index (χ0n) is 13.8. The van der Waals surface area contributed by atoms with Gasteiger partial charge in [-0.25, -0.2) is 4.79 Å². The average Bonchev–Trinajstić information content (AvgIpc) is 2.65. The minimum absolute atomic E-state index is 0.00260. The first-order valence-electron chi connectivity index (χ1n) is 7.45. The van der Waals surface area contributed by atoms with Crippen LogP contribution in [0.2, 0.25) is 0 Å². The lowest BCUT2D eigenvalue weighted by Crippen LogP contribution is -2.20. The number of ether oxygens (including phenoxy) is 3. The molecule has 0 aliphatic rings. The van der Waals surface area contributed by atoms with Crippen molar-refractivity contribution in [1.29, 1.82) is 0 Å². The molecule has 1 amide bonds. The van der Waals surface area contributed by atoms with Crippen LogP contribution in [-0.2, 0) is 14.3 Å². The molecule has 0 radical (unpaired) electrons. The second-order valence-corrected chi connectivity index (χ2v) is 4.95. The van der Waals surface area contributed by atoms with Gasteiger partial charge >= 0.3 is 11.7 Å². The van der Waals surface area contributed by atoms with Gasteiger partial charge in [-0.3, -0.25) is 14.9 Å². The molecule has 0 spiro atoms. The van der Waals surface area contributed by atoms with Gasteiger partial charge in [0, 0.05) is 17.8 Å². The first-order chi connectivity index (χ1) is 12.5. The maximum absolute atomic E-state index is 12.0. The minimum atomic E-state index is -0.588. The van der Waals surface area contributed by atoms with E-state index < -0.39 is 23.4 Å². The van der Waals surface area contributed by atoms with E-state index in [2.05, 4.69) is 10.1 Å². The molecule has 0 unspecified atom stereocenters. The van der Waals surface area contributed by atoms with E-state index in [0.29, 0.717) is 11.4 Å². The molecule has 26 heavy (non-hydrogen) atoms. The number of hydrogen-bond acceptors (Lipinski definition) is 7. The van der Waals surface area contributed by atoms with Crippen molar-refractivity contribution in [2.45, 2.75) is 0 Å². The second-order valence-electron chi connectivity index (χ2n) is 4.95. The summed E-state index contributed by atoms with van der Waals surface area (Å²) in [5.74, 6) is -0.666. The third-order valence-corrected chi connectivity index (χ3v) is 3.12. The Balaban J connectivity index is 1.92. The Morgan fingerprint density at radius 2 is 1.85 bits per heavy atom.